The summed E-state index contributed by atoms with van der Waals surface area (Å²) in [7, 11) is -0.174. The second kappa shape index (κ2) is 15.8. The second-order valence-corrected chi connectivity index (χ2v) is 20.4. The molecular formula is C46H61Cl2N2P. The fourth-order valence-corrected chi connectivity index (χ4v) is 16.6. The second-order valence-electron chi connectivity index (χ2n) is 16.6. The van der Waals surface area contributed by atoms with Crippen LogP contribution in [0.25, 0.3) is 5.57 Å². The van der Waals surface area contributed by atoms with Crippen molar-refractivity contribution in [3.63, 3.8) is 0 Å². The number of allylic oxidation sites excluding steroid dienone is 7. The average Bonchev–Trinajstić information content (AvgIpc) is 3.64. The van der Waals surface area contributed by atoms with E-state index in [0.29, 0.717) is 5.66 Å². The minimum absolute atomic E-state index is 0.174. The third kappa shape index (κ3) is 7.06. The van der Waals surface area contributed by atoms with Gasteiger partial charge in [-0.15, -0.1) is 0 Å². The highest BCUT2D eigenvalue weighted by Gasteiger charge is 2.49. The van der Waals surface area contributed by atoms with Gasteiger partial charge in [-0.3, -0.25) is 0 Å². The van der Waals surface area contributed by atoms with Crippen molar-refractivity contribution in [3.8, 4) is 0 Å². The molecule has 7 rings (SSSR count). The molecule has 1 heterocycles. The molecular weight excluding hydrogens is 682 g/mol. The number of hydrogen-bond donors (Lipinski definition) is 2. The molecule has 2 aromatic carbocycles. The largest absolute Gasteiger partial charge is 0.370 e. The number of halogens is 2. The van der Waals surface area contributed by atoms with Crippen molar-refractivity contribution in [2.75, 3.05) is 13.1 Å². The van der Waals surface area contributed by atoms with E-state index in [1.54, 1.807) is 5.57 Å². The van der Waals surface area contributed by atoms with Gasteiger partial charge in [0.15, 0.2) is 0 Å². The van der Waals surface area contributed by atoms with Crippen molar-refractivity contribution < 1.29 is 0 Å². The third-order valence-electron chi connectivity index (χ3n) is 12.9. The minimum atomic E-state index is -0.675. The standard InChI is InChI=1S/C46H61Cl2N2P/c1-29-25-31(3)40(32(4)26-29)41-38(47)21-22-46(43(41)45-49-23-24-50-45,42-33(5)27-30(2)28-34(42)6)44(48)37-19-13-14-20-39(37)51(35-15-9-7-10-16-35)36-17-11-8-12-18-36/h21-22,25-28,35-36,39,49-50H,7-20,23-24H2,1-6H3. The monoisotopic (exact) mass is 742 g/mol. The van der Waals surface area contributed by atoms with Crippen LogP contribution in [0.1, 0.15) is 134 Å². The maximum atomic E-state index is 8.49. The molecule has 51 heavy (non-hydrogen) atoms. The first-order valence-corrected chi connectivity index (χ1v) is 22.6. The topological polar surface area (TPSA) is 24.1 Å². The van der Waals surface area contributed by atoms with Gasteiger partial charge in [-0.1, -0.05) is 118 Å². The average molecular weight is 744 g/mol. The highest BCUT2D eigenvalue weighted by molar-refractivity contribution is 7.60. The molecule has 1 saturated heterocycles. The number of hydrogen-bond acceptors (Lipinski definition) is 2. The van der Waals surface area contributed by atoms with Gasteiger partial charge in [0.25, 0.3) is 0 Å². The number of aryl methyl sites for hydroxylation is 6. The molecule has 0 bridgehead atoms. The third-order valence-corrected chi connectivity index (χ3v) is 17.8. The predicted molar refractivity (Wildman–Crippen MR) is 224 cm³/mol. The van der Waals surface area contributed by atoms with Crippen LogP contribution >= 0.6 is 31.1 Å². The summed E-state index contributed by atoms with van der Waals surface area (Å²) in [5.41, 5.74) is 15.9. The Labute approximate surface area is 320 Å². The molecule has 2 N–H and O–H groups in total. The van der Waals surface area contributed by atoms with E-state index in [2.05, 4.69) is 88.6 Å². The lowest BCUT2D eigenvalue weighted by molar-refractivity contribution is 0.476. The van der Waals surface area contributed by atoms with Crippen molar-refractivity contribution >= 4 is 36.7 Å². The Hall–Kier alpha value is -1.99. The molecule has 2 unspecified atom stereocenters. The van der Waals surface area contributed by atoms with E-state index >= 15 is 0 Å². The molecule has 0 aromatic heterocycles. The first-order valence-electron chi connectivity index (χ1n) is 20.3. The number of rotatable bonds is 6. The molecule has 5 aliphatic rings. The van der Waals surface area contributed by atoms with Gasteiger partial charge in [0, 0.05) is 40.0 Å². The van der Waals surface area contributed by atoms with Gasteiger partial charge < -0.3 is 10.6 Å². The summed E-state index contributed by atoms with van der Waals surface area (Å²) in [6, 6.07) is 9.39. The Balaban J connectivity index is 1.53. The molecule has 274 valence electrons. The van der Waals surface area contributed by atoms with Gasteiger partial charge in [-0.05, 0) is 143 Å². The van der Waals surface area contributed by atoms with Crippen molar-refractivity contribution in [2.24, 2.45) is 0 Å². The minimum Gasteiger partial charge on any atom is -0.370 e. The number of nitrogens with one attached hydrogen (secondary N) is 2. The van der Waals surface area contributed by atoms with Crippen LogP contribution in [-0.2, 0) is 5.41 Å². The van der Waals surface area contributed by atoms with Crippen molar-refractivity contribution in [1.82, 2.24) is 10.6 Å². The summed E-state index contributed by atoms with van der Waals surface area (Å²) in [5, 5.41) is 9.53. The summed E-state index contributed by atoms with van der Waals surface area (Å²) >= 11 is 16.0. The summed E-state index contributed by atoms with van der Waals surface area (Å²) in [6.45, 7) is 15.3. The smallest absolute Gasteiger partial charge is 0.104 e. The van der Waals surface area contributed by atoms with Crippen LogP contribution in [0.3, 0.4) is 0 Å². The van der Waals surface area contributed by atoms with Gasteiger partial charge >= 0.3 is 0 Å². The van der Waals surface area contributed by atoms with E-state index in [0.717, 1.165) is 52.3 Å². The Kier molecular flexibility index (Phi) is 11.5. The van der Waals surface area contributed by atoms with Gasteiger partial charge in [-0.2, -0.15) is 0 Å². The normalized spacial score (nSPS) is 26.2. The zero-order chi connectivity index (χ0) is 35.9. The number of benzene rings is 2. The molecule has 4 fully saturated rings. The van der Waals surface area contributed by atoms with Crippen LogP contribution < -0.4 is 10.6 Å². The van der Waals surface area contributed by atoms with Crippen LogP contribution in [0.2, 0.25) is 0 Å². The van der Waals surface area contributed by atoms with E-state index in [1.807, 2.05) is 0 Å². The van der Waals surface area contributed by atoms with E-state index in [1.165, 1.54) is 134 Å². The zero-order valence-corrected chi connectivity index (χ0v) is 34.6. The quantitative estimate of drug-likeness (QED) is 0.288. The summed E-state index contributed by atoms with van der Waals surface area (Å²) in [5.74, 6) is 1.08. The van der Waals surface area contributed by atoms with Crippen LogP contribution in [0.5, 0.6) is 0 Å². The van der Waals surface area contributed by atoms with E-state index in [4.69, 9.17) is 23.2 Å². The van der Waals surface area contributed by atoms with Crippen LogP contribution in [0.4, 0.5) is 0 Å². The fourth-order valence-electron chi connectivity index (χ4n) is 11.1. The molecule has 3 saturated carbocycles. The van der Waals surface area contributed by atoms with Crippen molar-refractivity contribution in [3.05, 3.63) is 108 Å². The van der Waals surface area contributed by atoms with E-state index < -0.39 is 5.41 Å². The predicted octanol–water partition coefficient (Wildman–Crippen LogP) is 13.0. The van der Waals surface area contributed by atoms with Crippen LogP contribution in [0, 0.1) is 41.5 Å². The fraction of sp³-hybridized carbons (Fsp3) is 0.565. The Morgan fingerprint density at radius 3 is 1.75 bits per heavy atom. The first kappa shape index (κ1) is 37.3. The summed E-state index contributed by atoms with van der Waals surface area (Å²) < 4.78 is 0. The molecule has 0 radical (unpaired) electrons. The SMILES string of the molecule is Cc1cc(C)c(C2=C(Cl)C=CC(C(Cl)=C3CCCCC3P(C3CCCCC3)C3CCCCC3)(c3c(C)cc(C)cc3C)C2=C2NCCN2)c(C)c1. The highest BCUT2D eigenvalue weighted by atomic mass is 35.5. The zero-order valence-electron chi connectivity index (χ0n) is 32.2. The van der Waals surface area contributed by atoms with Crippen molar-refractivity contribution in [1.29, 1.82) is 0 Å². The molecule has 0 spiro atoms. The molecule has 2 nitrogen and oxygen atoms in total. The maximum Gasteiger partial charge on any atom is 0.104 e. The Morgan fingerprint density at radius 1 is 0.686 bits per heavy atom. The molecule has 2 aromatic rings. The van der Waals surface area contributed by atoms with Crippen LogP contribution in [-0.4, -0.2) is 30.1 Å². The van der Waals surface area contributed by atoms with Gasteiger partial charge in [0.2, 0.25) is 0 Å². The van der Waals surface area contributed by atoms with Gasteiger partial charge in [-0.25, -0.2) is 0 Å². The lowest BCUT2D eigenvalue weighted by Gasteiger charge is -2.48. The summed E-state index contributed by atoms with van der Waals surface area (Å²) in [4.78, 5) is 0. The van der Waals surface area contributed by atoms with E-state index in [-0.39, 0.29) is 7.92 Å². The lowest BCUT2D eigenvalue weighted by Crippen LogP contribution is -2.38. The molecule has 5 heteroatoms. The molecule has 4 aliphatic carbocycles. The van der Waals surface area contributed by atoms with Crippen LogP contribution in [0.15, 0.2) is 63.4 Å². The molecule has 1 aliphatic heterocycles. The first-order chi connectivity index (χ1) is 24.6. The van der Waals surface area contributed by atoms with Gasteiger partial charge in [0.1, 0.15) is 5.82 Å². The maximum absolute atomic E-state index is 8.49. The molecule has 2 atom stereocenters. The van der Waals surface area contributed by atoms with Crippen molar-refractivity contribution in [2.45, 2.75) is 154 Å². The van der Waals surface area contributed by atoms with Gasteiger partial charge in [0.05, 0.1) is 5.41 Å². The molecule has 0 amide bonds. The van der Waals surface area contributed by atoms with E-state index in [9.17, 15) is 0 Å². The summed E-state index contributed by atoms with van der Waals surface area (Å²) in [6.07, 6.45) is 23.8. The highest BCUT2D eigenvalue weighted by Crippen LogP contribution is 2.65. The Bertz CT molecular complexity index is 1700. The Morgan fingerprint density at radius 2 is 1.20 bits per heavy atom. The lowest BCUT2D eigenvalue weighted by atomic mass is 9.63.